The molecule has 0 aliphatic carbocycles. The fourth-order valence-electron chi connectivity index (χ4n) is 1.41. The molecule has 1 atom stereocenters. The number of benzene rings is 1. The van der Waals surface area contributed by atoms with Crippen molar-refractivity contribution < 1.29 is 19.4 Å². The highest BCUT2D eigenvalue weighted by Crippen LogP contribution is 2.37. The summed E-state index contributed by atoms with van der Waals surface area (Å²) in [6.45, 7) is 0. The van der Waals surface area contributed by atoms with Crippen molar-refractivity contribution in [2.45, 2.75) is 12.5 Å². The summed E-state index contributed by atoms with van der Waals surface area (Å²) in [6, 6.07) is 2.34. The first-order valence-corrected chi connectivity index (χ1v) is 5.26. The van der Waals surface area contributed by atoms with E-state index < -0.39 is 12.0 Å². The van der Waals surface area contributed by atoms with Crippen LogP contribution in [0.3, 0.4) is 0 Å². The summed E-state index contributed by atoms with van der Waals surface area (Å²) in [5.41, 5.74) is 6.06. The number of aliphatic carboxylic acids is 1. The lowest BCUT2D eigenvalue weighted by atomic mass is 10.1. The van der Waals surface area contributed by atoms with E-state index in [0.29, 0.717) is 22.1 Å². The normalized spacial score (nSPS) is 12.0. The first-order valence-electron chi connectivity index (χ1n) is 4.89. The van der Waals surface area contributed by atoms with Crippen molar-refractivity contribution in [1.29, 1.82) is 0 Å². The Morgan fingerprint density at radius 2 is 2.12 bits per heavy atom. The molecule has 1 unspecified atom stereocenters. The van der Waals surface area contributed by atoms with Gasteiger partial charge in [-0.1, -0.05) is 17.7 Å². The molecule has 0 heterocycles. The molecule has 0 amide bonds. The van der Waals surface area contributed by atoms with Gasteiger partial charge in [0.05, 0.1) is 19.2 Å². The standard InChI is InChI=1S/C11H14ClNO4/c1-16-8-4-3-6(5-7(13)11(14)15)9(12)10(8)17-2/h3-4,7H,5,13H2,1-2H3,(H,14,15). The molecule has 0 aromatic heterocycles. The Kier molecular flexibility index (Phi) is 4.60. The van der Waals surface area contributed by atoms with Crippen molar-refractivity contribution in [2.75, 3.05) is 14.2 Å². The van der Waals surface area contributed by atoms with Crippen LogP contribution in [0.5, 0.6) is 11.5 Å². The average molecular weight is 260 g/mol. The summed E-state index contributed by atoms with van der Waals surface area (Å²) in [4.78, 5) is 10.7. The molecule has 1 aromatic carbocycles. The van der Waals surface area contributed by atoms with Gasteiger partial charge in [0.15, 0.2) is 11.5 Å². The molecule has 1 rings (SSSR count). The van der Waals surface area contributed by atoms with Gasteiger partial charge in [-0.15, -0.1) is 0 Å². The van der Waals surface area contributed by atoms with Gasteiger partial charge in [-0.2, -0.15) is 0 Å². The third-order valence-corrected chi connectivity index (χ3v) is 2.74. The van der Waals surface area contributed by atoms with Gasteiger partial charge in [0.1, 0.15) is 6.04 Å². The van der Waals surface area contributed by atoms with E-state index in [2.05, 4.69) is 0 Å². The van der Waals surface area contributed by atoms with E-state index in [9.17, 15) is 4.79 Å². The number of halogens is 1. The lowest BCUT2D eigenvalue weighted by Crippen LogP contribution is -2.32. The minimum atomic E-state index is -1.07. The maximum absolute atomic E-state index is 10.7. The summed E-state index contributed by atoms with van der Waals surface area (Å²) in [6.07, 6.45) is 0.133. The molecule has 6 heteroatoms. The van der Waals surface area contributed by atoms with Crippen molar-refractivity contribution in [3.8, 4) is 11.5 Å². The van der Waals surface area contributed by atoms with E-state index in [1.165, 1.54) is 14.2 Å². The first kappa shape index (κ1) is 13.6. The largest absolute Gasteiger partial charge is 0.493 e. The molecule has 1 aromatic rings. The zero-order valence-corrected chi connectivity index (χ0v) is 10.3. The lowest BCUT2D eigenvalue weighted by Gasteiger charge is -2.14. The van der Waals surface area contributed by atoms with E-state index in [1.807, 2.05) is 0 Å². The minimum absolute atomic E-state index is 0.133. The fraction of sp³-hybridized carbons (Fsp3) is 0.364. The Hall–Kier alpha value is -1.46. The van der Waals surface area contributed by atoms with Crippen LogP contribution in [0.1, 0.15) is 5.56 Å². The smallest absolute Gasteiger partial charge is 0.320 e. The van der Waals surface area contributed by atoms with Crippen LogP contribution in [0.4, 0.5) is 0 Å². The number of carboxylic acids is 1. The van der Waals surface area contributed by atoms with Crippen molar-refractivity contribution in [3.05, 3.63) is 22.7 Å². The molecule has 17 heavy (non-hydrogen) atoms. The van der Waals surface area contributed by atoms with Crippen molar-refractivity contribution in [3.63, 3.8) is 0 Å². The maximum atomic E-state index is 10.7. The second-order valence-electron chi connectivity index (χ2n) is 3.42. The highest BCUT2D eigenvalue weighted by Gasteiger charge is 2.18. The number of hydrogen-bond donors (Lipinski definition) is 2. The molecule has 94 valence electrons. The highest BCUT2D eigenvalue weighted by atomic mass is 35.5. The van der Waals surface area contributed by atoms with Gasteiger partial charge >= 0.3 is 5.97 Å². The second kappa shape index (κ2) is 5.75. The van der Waals surface area contributed by atoms with Gasteiger partial charge in [0, 0.05) is 0 Å². The van der Waals surface area contributed by atoms with Gasteiger partial charge in [-0.25, -0.2) is 0 Å². The van der Waals surface area contributed by atoms with E-state index in [0.717, 1.165) is 0 Å². The number of hydrogen-bond acceptors (Lipinski definition) is 4. The number of methoxy groups -OCH3 is 2. The molecule has 0 saturated carbocycles. The topological polar surface area (TPSA) is 81.8 Å². The number of ether oxygens (including phenoxy) is 2. The highest BCUT2D eigenvalue weighted by molar-refractivity contribution is 6.33. The Bertz CT molecular complexity index is 422. The quantitative estimate of drug-likeness (QED) is 0.833. The van der Waals surface area contributed by atoms with Crippen LogP contribution in [0.2, 0.25) is 5.02 Å². The SMILES string of the molecule is COc1ccc(CC(N)C(=O)O)c(Cl)c1OC. The van der Waals surface area contributed by atoms with Crippen LogP contribution in [0, 0.1) is 0 Å². The molecule has 5 nitrogen and oxygen atoms in total. The molecule has 0 fully saturated rings. The summed E-state index contributed by atoms with van der Waals surface area (Å²) >= 11 is 6.09. The molecule has 3 N–H and O–H groups in total. The number of nitrogens with two attached hydrogens (primary N) is 1. The minimum Gasteiger partial charge on any atom is -0.493 e. The molecule has 0 radical (unpaired) electrons. The predicted octanol–water partition coefficient (Wildman–Crippen LogP) is 1.31. The molecule has 0 bridgehead atoms. The maximum Gasteiger partial charge on any atom is 0.320 e. The van der Waals surface area contributed by atoms with E-state index in [-0.39, 0.29) is 6.42 Å². The molecular weight excluding hydrogens is 246 g/mol. The van der Waals surface area contributed by atoms with Crippen molar-refractivity contribution in [1.82, 2.24) is 0 Å². The number of rotatable bonds is 5. The number of carboxylic acid groups (broad SMARTS) is 1. The van der Waals surface area contributed by atoms with E-state index in [1.54, 1.807) is 12.1 Å². The van der Waals surface area contributed by atoms with Gasteiger partial charge in [0.2, 0.25) is 0 Å². The van der Waals surface area contributed by atoms with Crippen LogP contribution in [-0.2, 0) is 11.2 Å². The first-order chi connectivity index (χ1) is 8.01. The Morgan fingerprint density at radius 1 is 1.47 bits per heavy atom. The second-order valence-corrected chi connectivity index (χ2v) is 3.80. The van der Waals surface area contributed by atoms with Crippen molar-refractivity contribution in [2.24, 2.45) is 5.73 Å². The Morgan fingerprint density at radius 3 is 2.59 bits per heavy atom. The fourth-order valence-corrected chi connectivity index (χ4v) is 1.72. The van der Waals surface area contributed by atoms with Crippen LogP contribution in [0.25, 0.3) is 0 Å². The molecule has 0 aliphatic heterocycles. The Labute approximate surface area is 104 Å². The van der Waals surface area contributed by atoms with Gasteiger partial charge < -0.3 is 20.3 Å². The summed E-state index contributed by atoms with van der Waals surface area (Å²) in [5.74, 6) is -0.203. The van der Waals surface area contributed by atoms with Crippen LogP contribution >= 0.6 is 11.6 Å². The summed E-state index contributed by atoms with van der Waals surface area (Å²) in [5, 5.41) is 9.06. The van der Waals surface area contributed by atoms with Crippen molar-refractivity contribution >= 4 is 17.6 Å². The van der Waals surface area contributed by atoms with Crippen LogP contribution in [0.15, 0.2) is 12.1 Å². The third-order valence-electron chi connectivity index (χ3n) is 2.32. The molecule has 0 spiro atoms. The van der Waals surface area contributed by atoms with Gasteiger partial charge in [0.25, 0.3) is 0 Å². The van der Waals surface area contributed by atoms with Gasteiger partial charge in [-0.3, -0.25) is 4.79 Å². The average Bonchev–Trinajstić information content (AvgIpc) is 2.31. The van der Waals surface area contributed by atoms with Crippen LogP contribution in [-0.4, -0.2) is 31.3 Å². The Balaban J connectivity index is 3.06. The van der Waals surface area contributed by atoms with E-state index in [4.69, 9.17) is 31.9 Å². The predicted molar refractivity (Wildman–Crippen MR) is 63.9 cm³/mol. The van der Waals surface area contributed by atoms with E-state index >= 15 is 0 Å². The molecular formula is C11H14ClNO4. The lowest BCUT2D eigenvalue weighted by molar-refractivity contribution is -0.138. The molecule has 0 saturated heterocycles. The summed E-state index contributed by atoms with van der Waals surface area (Å²) < 4.78 is 10.2. The molecule has 0 aliphatic rings. The van der Waals surface area contributed by atoms with Gasteiger partial charge in [-0.05, 0) is 18.1 Å². The third kappa shape index (κ3) is 3.01. The zero-order valence-electron chi connectivity index (χ0n) is 9.57. The van der Waals surface area contributed by atoms with Crippen LogP contribution < -0.4 is 15.2 Å². The monoisotopic (exact) mass is 259 g/mol. The zero-order chi connectivity index (χ0) is 13.0. The summed E-state index contributed by atoms with van der Waals surface area (Å²) in [7, 11) is 2.96. The number of carbonyl (C=O) groups is 1.